The smallest absolute Gasteiger partial charge is 0.278 e. The van der Waals surface area contributed by atoms with Gasteiger partial charge in [-0.2, -0.15) is 0 Å². The number of benzene rings is 2. The molecule has 1 amide bonds. The second-order valence-electron chi connectivity index (χ2n) is 9.73. The van der Waals surface area contributed by atoms with Crippen molar-refractivity contribution >= 4 is 5.91 Å². The van der Waals surface area contributed by atoms with Gasteiger partial charge < -0.3 is 19.3 Å². The number of amides is 1. The third-order valence-corrected chi connectivity index (χ3v) is 7.60. The molecule has 38 heavy (non-hydrogen) atoms. The van der Waals surface area contributed by atoms with Gasteiger partial charge in [0, 0.05) is 36.1 Å². The predicted octanol–water partition coefficient (Wildman–Crippen LogP) is 3.53. The molecule has 2 aromatic heterocycles. The largest absolute Gasteiger partial charge is 0.502 e. The number of para-hydroxylation sites is 1. The lowest BCUT2D eigenvalue weighted by molar-refractivity contribution is -0.0575. The van der Waals surface area contributed by atoms with E-state index in [1.54, 1.807) is 29.3 Å². The van der Waals surface area contributed by atoms with Crippen LogP contribution in [0.2, 0.25) is 0 Å². The number of halogens is 2. The van der Waals surface area contributed by atoms with Crippen LogP contribution >= 0.6 is 0 Å². The molecule has 7 rings (SSSR count). The minimum atomic E-state index is -0.985. The lowest BCUT2D eigenvalue weighted by Crippen LogP contribution is -2.67. The summed E-state index contributed by atoms with van der Waals surface area (Å²) in [5, 5.41) is 12.6. The number of hydrogen-bond acceptors (Lipinski definition) is 5. The van der Waals surface area contributed by atoms with Gasteiger partial charge >= 0.3 is 0 Å². The number of pyridine rings is 1. The Kier molecular flexibility index (Phi) is 4.80. The number of aromatic nitrogens is 2. The van der Waals surface area contributed by atoms with Gasteiger partial charge in [-0.05, 0) is 36.8 Å². The number of aromatic hydroxyl groups is 1. The van der Waals surface area contributed by atoms with Crippen LogP contribution in [0.1, 0.15) is 34.6 Å². The highest BCUT2D eigenvalue weighted by Crippen LogP contribution is 2.46. The molecule has 4 aromatic rings. The summed E-state index contributed by atoms with van der Waals surface area (Å²) in [6, 6.07) is 14.1. The molecule has 3 aliphatic rings. The van der Waals surface area contributed by atoms with Gasteiger partial charge in [0.1, 0.15) is 12.2 Å². The van der Waals surface area contributed by atoms with Gasteiger partial charge in [0.15, 0.2) is 23.1 Å². The number of hydrogen-bond donors (Lipinski definition) is 1. The highest BCUT2D eigenvalue weighted by atomic mass is 19.2. The third kappa shape index (κ3) is 2.97. The molecule has 10 heteroatoms. The number of rotatable bonds is 1. The van der Waals surface area contributed by atoms with E-state index in [9.17, 15) is 19.1 Å². The fraction of sp³-hybridized carbons (Fsp3) is 0.214. The molecule has 3 aliphatic heterocycles. The van der Waals surface area contributed by atoms with Gasteiger partial charge in [0.25, 0.3) is 5.91 Å². The first-order valence-electron chi connectivity index (χ1n) is 12.3. The van der Waals surface area contributed by atoms with Crippen LogP contribution in [0.4, 0.5) is 8.78 Å². The molecule has 1 N–H and O–H groups in total. The maximum Gasteiger partial charge on any atom is 0.278 e. The third-order valence-electron chi connectivity index (χ3n) is 7.60. The fourth-order valence-electron chi connectivity index (χ4n) is 5.95. The number of carbonyl (C=O) groups excluding carboxylic acids is 1. The Morgan fingerprint density at radius 3 is 2.63 bits per heavy atom. The van der Waals surface area contributed by atoms with Gasteiger partial charge in [0.2, 0.25) is 5.43 Å². The molecule has 3 atom stereocenters. The van der Waals surface area contributed by atoms with Crippen LogP contribution in [0.5, 0.6) is 5.75 Å². The molecule has 0 radical (unpaired) electrons. The normalized spacial score (nSPS) is 21.7. The van der Waals surface area contributed by atoms with Crippen molar-refractivity contribution in [1.29, 1.82) is 0 Å². The quantitative estimate of drug-likeness (QED) is 0.419. The Bertz CT molecular complexity index is 1700. The molecule has 3 unspecified atom stereocenters. The predicted molar refractivity (Wildman–Crippen MR) is 134 cm³/mol. The summed E-state index contributed by atoms with van der Waals surface area (Å²) in [5.74, 6) is -3.14. The van der Waals surface area contributed by atoms with Crippen molar-refractivity contribution in [3.05, 3.63) is 106 Å². The molecule has 1 fully saturated rings. The van der Waals surface area contributed by atoms with Crippen LogP contribution in [0, 0.1) is 11.6 Å². The molecule has 0 spiro atoms. The van der Waals surface area contributed by atoms with Crippen molar-refractivity contribution < 1.29 is 23.4 Å². The van der Waals surface area contributed by atoms with Crippen LogP contribution in [-0.2, 0) is 4.74 Å². The molecule has 0 aliphatic carbocycles. The van der Waals surface area contributed by atoms with E-state index < -0.39 is 40.9 Å². The van der Waals surface area contributed by atoms with E-state index in [1.807, 2.05) is 40.8 Å². The first-order valence-corrected chi connectivity index (χ1v) is 12.3. The summed E-state index contributed by atoms with van der Waals surface area (Å²) >= 11 is 0. The van der Waals surface area contributed by atoms with E-state index in [-0.39, 0.29) is 30.5 Å². The monoisotopic (exact) mass is 516 g/mol. The van der Waals surface area contributed by atoms with Gasteiger partial charge in [0.05, 0.1) is 24.1 Å². The van der Waals surface area contributed by atoms with E-state index >= 15 is 4.39 Å². The van der Waals surface area contributed by atoms with Crippen LogP contribution in [0.15, 0.2) is 71.8 Å². The summed E-state index contributed by atoms with van der Waals surface area (Å²) in [4.78, 5) is 27.6. The van der Waals surface area contributed by atoms with Crippen molar-refractivity contribution in [1.82, 2.24) is 14.1 Å². The van der Waals surface area contributed by atoms with E-state index in [0.29, 0.717) is 11.3 Å². The van der Waals surface area contributed by atoms with E-state index in [2.05, 4.69) is 0 Å². The van der Waals surface area contributed by atoms with Crippen LogP contribution in [0.25, 0.3) is 16.9 Å². The lowest BCUT2D eigenvalue weighted by Gasteiger charge is -2.52. The minimum Gasteiger partial charge on any atom is -0.502 e. The Hall–Kier alpha value is -4.44. The number of nitrogens with zero attached hydrogens (tertiary/aromatic N) is 4. The zero-order valence-electron chi connectivity index (χ0n) is 20.2. The minimum absolute atomic E-state index is 0.0940. The summed E-state index contributed by atoms with van der Waals surface area (Å²) < 4.78 is 39.6. The summed E-state index contributed by atoms with van der Waals surface area (Å²) in [6.45, 7) is 2.19. The van der Waals surface area contributed by atoms with Gasteiger partial charge in [-0.1, -0.05) is 24.3 Å². The second-order valence-corrected chi connectivity index (χ2v) is 9.73. The second kappa shape index (κ2) is 8.03. The highest BCUT2D eigenvalue weighted by molar-refractivity contribution is 5.96. The average molecular weight is 517 g/mol. The average Bonchev–Trinajstić information content (AvgIpc) is 3.35. The van der Waals surface area contributed by atoms with E-state index in [4.69, 9.17) is 4.74 Å². The first-order chi connectivity index (χ1) is 18.4. The maximum absolute atomic E-state index is 15.7. The Morgan fingerprint density at radius 2 is 1.79 bits per heavy atom. The Labute approximate surface area is 215 Å². The van der Waals surface area contributed by atoms with Crippen molar-refractivity contribution in [2.75, 3.05) is 18.2 Å². The van der Waals surface area contributed by atoms with E-state index in [1.165, 1.54) is 16.9 Å². The summed E-state index contributed by atoms with van der Waals surface area (Å²) in [7, 11) is 0. The molecule has 0 saturated carbocycles. The van der Waals surface area contributed by atoms with Gasteiger partial charge in [-0.25, -0.2) is 8.78 Å². The van der Waals surface area contributed by atoms with E-state index in [0.717, 1.165) is 17.3 Å². The number of morpholine rings is 1. The SMILES string of the molecule is CC1CN2C(=O)c3c(O)c(=O)ccn3N(C3c4ccccc4-n4cccc4-c4c3ccc(F)c4F)C2CO1. The molecule has 192 valence electrons. The molecule has 2 aromatic carbocycles. The zero-order chi connectivity index (χ0) is 26.3. The standard InChI is InChI=1S/C28H22F2N4O4/c1-15-13-32-22(14-38-15)34(33-12-10-21(35)27(36)26(33)28(32)37)25-16-5-2-3-6-19(16)31-11-4-7-20(31)23-17(25)8-9-18(29)24(23)30/h2-12,15,22,25,36H,13-14H2,1H3. The number of ether oxygens (including phenoxy) is 1. The number of carbonyl (C=O) groups is 1. The van der Waals surface area contributed by atoms with Crippen LogP contribution in [0.3, 0.4) is 0 Å². The lowest BCUT2D eigenvalue weighted by atomic mass is 9.91. The van der Waals surface area contributed by atoms with Crippen molar-refractivity contribution in [2.45, 2.75) is 25.2 Å². The van der Waals surface area contributed by atoms with Crippen molar-refractivity contribution in [2.24, 2.45) is 0 Å². The van der Waals surface area contributed by atoms with Gasteiger partial charge in [-0.3, -0.25) is 19.3 Å². The molecule has 0 bridgehead atoms. The van der Waals surface area contributed by atoms with Crippen LogP contribution in [-0.4, -0.2) is 50.6 Å². The molecular weight excluding hydrogens is 494 g/mol. The maximum atomic E-state index is 15.7. The van der Waals surface area contributed by atoms with Crippen molar-refractivity contribution in [3.63, 3.8) is 0 Å². The highest BCUT2D eigenvalue weighted by Gasteiger charge is 2.47. The molecule has 5 heterocycles. The molecule has 1 saturated heterocycles. The zero-order valence-corrected chi connectivity index (χ0v) is 20.2. The Balaban J connectivity index is 1.58. The Morgan fingerprint density at radius 1 is 0.974 bits per heavy atom. The first kappa shape index (κ1) is 22.7. The topological polar surface area (TPSA) is 79.9 Å². The van der Waals surface area contributed by atoms with Crippen molar-refractivity contribution in [3.8, 4) is 22.7 Å². The number of fused-ring (bicyclic) bond motifs is 7. The van der Waals surface area contributed by atoms with Crippen LogP contribution < -0.4 is 10.4 Å². The fourth-order valence-corrected chi connectivity index (χ4v) is 5.95. The summed E-state index contributed by atoms with van der Waals surface area (Å²) in [6.07, 6.45) is 2.28. The summed E-state index contributed by atoms with van der Waals surface area (Å²) in [5.41, 5.74) is 1.67. The van der Waals surface area contributed by atoms with Gasteiger partial charge in [-0.15, -0.1) is 0 Å². The molecule has 8 nitrogen and oxygen atoms in total. The molecular formula is C28H22F2N4O4.